The number of carbonyl (C=O) groups is 7. The number of unbranched alkanes of at least 4 members (excludes halogenated alkanes) is 1. The zero-order valence-electron chi connectivity index (χ0n) is 34.3. The first-order chi connectivity index (χ1) is 28.5. The van der Waals surface area contributed by atoms with E-state index in [0.717, 1.165) is 63.4 Å². The number of primary amides is 1. The predicted molar refractivity (Wildman–Crippen MR) is 221 cm³/mol. The van der Waals surface area contributed by atoms with Gasteiger partial charge in [0.1, 0.15) is 18.1 Å². The van der Waals surface area contributed by atoms with Gasteiger partial charge in [-0.15, -0.1) is 0 Å². The van der Waals surface area contributed by atoms with Crippen molar-refractivity contribution in [3.63, 3.8) is 0 Å². The molecule has 2 aromatic carbocycles. The molecule has 59 heavy (non-hydrogen) atoms. The Kier molecular flexibility index (Phi) is 17.4. The third kappa shape index (κ3) is 13.5. The number of ketones is 1. The number of nitrogens with one attached hydrogen (secondary N) is 4. The van der Waals surface area contributed by atoms with E-state index in [0.29, 0.717) is 24.8 Å². The molecule has 6 amide bonds. The second kappa shape index (κ2) is 22.9. The number of amides is 6. The zero-order valence-corrected chi connectivity index (χ0v) is 34.3. The number of hydrogen-bond acceptors (Lipinski definition) is 8. The molecule has 0 aromatic heterocycles. The van der Waals surface area contributed by atoms with Crippen molar-refractivity contribution in [1.29, 1.82) is 0 Å². The third-order valence-corrected chi connectivity index (χ3v) is 11.9. The number of carbonyl (C=O) groups excluding carboxylic acids is 7. The van der Waals surface area contributed by atoms with Crippen molar-refractivity contribution in [3.05, 3.63) is 71.8 Å². The summed E-state index contributed by atoms with van der Waals surface area (Å²) >= 11 is 0. The van der Waals surface area contributed by atoms with E-state index in [9.17, 15) is 33.6 Å². The van der Waals surface area contributed by atoms with Crippen LogP contribution >= 0.6 is 0 Å². The number of hydrogen-bond donors (Lipinski definition) is 5. The summed E-state index contributed by atoms with van der Waals surface area (Å²) in [7, 11) is 0. The van der Waals surface area contributed by atoms with Crippen LogP contribution in [-0.2, 0) is 44.9 Å². The number of nitrogens with two attached hydrogens (primary N) is 1. The minimum Gasteiger partial charge on any atom is -0.372 e. The van der Waals surface area contributed by atoms with E-state index in [2.05, 4.69) is 21.3 Å². The fourth-order valence-corrected chi connectivity index (χ4v) is 8.64. The van der Waals surface area contributed by atoms with Crippen molar-refractivity contribution in [3.8, 4) is 0 Å². The highest BCUT2D eigenvalue weighted by atomic mass is 16.5. The monoisotopic (exact) mass is 814 g/mol. The lowest BCUT2D eigenvalue weighted by atomic mass is 9.82. The van der Waals surface area contributed by atoms with Gasteiger partial charge in [0.05, 0.1) is 25.3 Å². The van der Waals surface area contributed by atoms with Gasteiger partial charge < -0.3 is 36.6 Å². The number of rotatable bonds is 20. The van der Waals surface area contributed by atoms with E-state index in [1.807, 2.05) is 37.3 Å². The number of ether oxygens (including phenoxy) is 1. The molecule has 6 N–H and O–H groups in total. The fraction of sp³-hybridized carbons (Fsp3) is 0.578. The summed E-state index contributed by atoms with van der Waals surface area (Å²) in [5, 5.41) is 10.7. The van der Waals surface area contributed by atoms with Gasteiger partial charge in [-0.25, -0.2) is 0 Å². The van der Waals surface area contributed by atoms with E-state index in [1.165, 1.54) is 11.3 Å². The first-order valence-corrected chi connectivity index (χ1v) is 21.5. The molecule has 14 nitrogen and oxygen atoms in total. The van der Waals surface area contributed by atoms with Crippen molar-refractivity contribution in [1.82, 2.24) is 26.2 Å². The average molecular weight is 815 g/mol. The molecule has 14 heteroatoms. The predicted octanol–water partition coefficient (Wildman–Crippen LogP) is 3.91. The molecule has 3 aliphatic rings. The maximum Gasteiger partial charge on any atom is 0.290 e. The number of Topliss-reactive ketones (excluding diaryl/α,β-unsaturated/α-hetero) is 1. The van der Waals surface area contributed by atoms with Crippen LogP contribution < -0.4 is 27.0 Å². The van der Waals surface area contributed by atoms with Gasteiger partial charge in [0.25, 0.3) is 5.91 Å². The highest BCUT2D eigenvalue weighted by molar-refractivity contribution is 6.38. The molecule has 2 saturated carbocycles. The van der Waals surface area contributed by atoms with Gasteiger partial charge in [0.15, 0.2) is 0 Å². The average Bonchev–Trinajstić information content (AvgIpc) is 3.70. The van der Waals surface area contributed by atoms with Crippen molar-refractivity contribution in [2.24, 2.45) is 17.6 Å². The Hall–Kier alpha value is -5.11. The van der Waals surface area contributed by atoms with Crippen LogP contribution in [0.1, 0.15) is 120 Å². The largest absolute Gasteiger partial charge is 0.372 e. The molecule has 2 aliphatic carbocycles. The van der Waals surface area contributed by atoms with Gasteiger partial charge in [-0.05, 0) is 55.1 Å². The second-order valence-electron chi connectivity index (χ2n) is 16.4. The summed E-state index contributed by atoms with van der Waals surface area (Å²) < 4.78 is 6.28. The second-order valence-corrected chi connectivity index (χ2v) is 16.4. The molecular weight excluding hydrogens is 753 g/mol. The van der Waals surface area contributed by atoms with Gasteiger partial charge >= 0.3 is 0 Å². The Morgan fingerprint density at radius 1 is 0.797 bits per heavy atom. The summed E-state index contributed by atoms with van der Waals surface area (Å²) in [6.45, 7) is 1.68. The van der Waals surface area contributed by atoms with Gasteiger partial charge in [-0.2, -0.15) is 0 Å². The Morgan fingerprint density at radius 3 is 2.08 bits per heavy atom. The minimum absolute atomic E-state index is 0.0784. The molecule has 3 fully saturated rings. The number of benzene rings is 2. The first-order valence-electron chi connectivity index (χ1n) is 21.5. The topological polar surface area (TPSA) is 206 Å². The fourth-order valence-electron chi connectivity index (χ4n) is 8.64. The normalized spacial score (nSPS) is 20.1. The van der Waals surface area contributed by atoms with Crippen LogP contribution in [0, 0.1) is 11.8 Å². The Labute approximate surface area is 347 Å². The molecule has 5 atom stereocenters. The molecule has 0 radical (unpaired) electrons. The summed E-state index contributed by atoms with van der Waals surface area (Å²) in [6.07, 6.45) is 11.2. The minimum atomic E-state index is -1.24. The number of nitrogens with zero attached hydrogens (tertiary/aromatic N) is 1. The van der Waals surface area contributed by atoms with E-state index >= 15 is 0 Å². The van der Waals surface area contributed by atoms with Crippen LogP contribution in [-0.4, -0.2) is 83.4 Å². The molecule has 5 rings (SSSR count). The van der Waals surface area contributed by atoms with Gasteiger partial charge in [-0.1, -0.05) is 119 Å². The van der Waals surface area contributed by atoms with Crippen LogP contribution in [0.15, 0.2) is 60.7 Å². The molecular formula is C45H62N6O8. The lowest BCUT2D eigenvalue weighted by molar-refractivity contribution is -0.144. The van der Waals surface area contributed by atoms with Crippen LogP contribution in [0.25, 0.3) is 0 Å². The highest BCUT2D eigenvalue weighted by Crippen LogP contribution is 2.31. The maximum atomic E-state index is 14.7. The lowest BCUT2D eigenvalue weighted by Crippen LogP contribution is -2.58. The summed E-state index contributed by atoms with van der Waals surface area (Å²) in [6, 6.07) is 13.7. The molecule has 0 spiro atoms. The van der Waals surface area contributed by atoms with Crippen molar-refractivity contribution in [2.75, 3.05) is 13.1 Å². The van der Waals surface area contributed by atoms with Crippen LogP contribution in [0.3, 0.4) is 0 Å². The Bertz CT molecular complexity index is 1730. The highest BCUT2D eigenvalue weighted by Gasteiger charge is 2.45. The maximum absolute atomic E-state index is 14.7. The van der Waals surface area contributed by atoms with Gasteiger partial charge in [-0.3, -0.25) is 33.6 Å². The third-order valence-electron chi connectivity index (χ3n) is 11.9. The van der Waals surface area contributed by atoms with E-state index in [1.54, 1.807) is 30.3 Å². The van der Waals surface area contributed by atoms with Crippen LogP contribution in [0.4, 0.5) is 0 Å². The molecule has 320 valence electrons. The van der Waals surface area contributed by atoms with E-state index in [4.69, 9.17) is 10.5 Å². The summed E-state index contributed by atoms with van der Waals surface area (Å²) in [5.41, 5.74) is 6.90. The molecule has 1 heterocycles. The SMILES string of the molecule is CCCCC(NC(=O)[C@@H]1C[C@@H](OCc2ccccc2)CN1C(=O)C(NC(=O)CC1CCCCC1)C1CCCCC1)C(=O)C(=O)NCC(=O)NC(C(N)=O)c1ccccc1. The molecule has 0 bridgehead atoms. The Balaban J connectivity index is 1.29. The quantitative estimate of drug-likeness (QED) is 0.124. The van der Waals surface area contributed by atoms with E-state index in [-0.39, 0.29) is 49.6 Å². The van der Waals surface area contributed by atoms with Crippen molar-refractivity contribution < 1.29 is 38.3 Å². The van der Waals surface area contributed by atoms with Crippen LogP contribution in [0.2, 0.25) is 0 Å². The van der Waals surface area contributed by atoms with Crippen molar-refractivity contribution in [2.45, 2.75) is 140 Å². The molecule has 3 unspecified atom stereocenters. The zero-order chi connectivity index (χ0) is 42.1. The molecule has 1 saturated heterocycles. The van der Waals surface area contributed by atoms with Crippen LogP contribution in [0.5, 0.6) is 0 Å². The smallest absolute Gasteiger partial charge is 0.290 e. The summed E-state index contributed by atoms with van der Waals surface area (Å²) in [4.78, 5) is 95.8. The molecule has 1 aliphatic heterocycles. The summed E-state index contributed by atoms with van der Waals surface area (Å²) in [5.74, 6) is -4.45. The first kappa shape index (κ1) is 45.0. The molecule has 2 aromatic rings. The number of likely N-dealkylation sites (tertiary alicyclic amines) is 1. The van der Waals surface area contributed by atoms with Crippen molar-refractivity contribution >= 4 is 41.2 Å². The standard InChI is InChI=1S/C45H62N6O8/c1-2-3-24-35(41(54)44(57)47-27-38(53)50-39(42(46)55)32-20-12-6-13-21-32)48-43(56)36-26-34(59-29-31-18-10-5-11-19-31)28-51(36)45(58)40(33-22-14-7-15-23-33)49-37(52)25-30-16-8-4-9-17-30/h5-6,10-13,18-21,30,33-36,39-40H,2-4,7-9,14-17,22-29H2,1H3,(H2,46,55)(H,47,57)(H,48,56)(H,49,52)(H,50,53)/t34-,35?,36+,39?,40?/m1/s1. The lowest BCUT2D eigenvalue weighted by Gasteiger charge is -2.35. The Morgan fingerprint density at radius 2 is 1.44 bits per heavy atom. The van der Waals surface area contributed by atoms with E-state index < -0.39 is 66.2 Å². The van der Waals surface area contributed by atoms with Gasteiger partial charge in [0, 0.05) is 19.4 Å². The van der Waals surface area contributed by atoms with Gasteiger partial charge in [0.2, 0.25) is 35.3 Å².